The third kappa shape index (κ3) is 3.44. The summed E-state index contributed by atoms with van der Waals surface area (Å²) in [6.45, 7) is 4.82. The van der Waals surface area contributed by atoms with Crippen molar-refractivity contribution in [3.63, 3.8) is 0 Å². The Bertz CT molecular complexity index is 205. The largest absolute Gasteiger partial charge is 0.396 e. The Kier molecular flexibility index (Phi) is 5.01. The molecule has 0 aromatic heterocycles. The van der Waals surface area contributed by atoms with Crippen LogP contribution in [-0.2, 0) is 9.53 Å². The highest BCUT2D eigenvalue weighted by atomic mass is 16.5. The molecule has 88 valence electrons. The molecule has 1 unspecified atom stereocenters. The second-order valence-electron chi connectivity index (χ2n) is 3.96. The van der Waals surface area contributed by atoms with Crippen molar-refractivity contribution in [2.45, 2.75) is 13.0 Å². The number of rotatable bonds is 6. The highest BCUT2D eigenvalue weighted by Crippen LogP contribution is 2.17. The second kappa shape index (κ2) is 6.05. The molecule has 0 aliphatic carbocycles. The lowest BCUT2D eigenvalue weighted by Gasteiger charge is -2.41. The van der Waals surface area contributed by atoms with E-state index in [1.54, 1.807) is 7.11 Å². The van der Waals surface area contributed by atoms with Gasteiger partial charge in [-0.05, 0) is 6.92 Å². The Morgan fingerprint density at radius 3 is 2.87 bits per heavy atom. The van der Waals surface area contributed by atoms with Gasteiger partial charge < -0.3 is 15.2 Å². The lowest BCUT2D eigenvalue weighted by Crippen LogP contribution is -2.57. The average Bonchev–Trinajstić information content (AvgIpc) is 2.16. The highest BCUT2D eigenvalue weighted by molar-refractivity contribution is 5.81. The summed E-state index contributed by atoms with van der Waals surface area (Å²) >= 11 is 0. The quantitative estimate of drug-likeness (QED) is 0.563. The van der Waals surface area contributed by atoms with Crippen LogP contribution in [0.2, 0.25) is 0 Å². The number of aliphatic hydroxyl groups excluding tert-OH is 1. The SMILES string of the molecule is COCCNC(=O)C(C)N1CC(CO)C1. The molecule has 0 aromatic rings. The van der Waals surface area contributed by atoms with Crippen molar-refractivity contribution >= 4 is 5.91 Å². The molecule has 1 atom stereocenters. The van der Waals surface area contributed by atoms with E-state index in [2.05, 4.69) is 10.2 Å². The van der Waals surface area contributed by atoms with E-state index in [9.17, 15) is 4.79 Å². The first kappa shape index (κ1) is 12.4. The van der Waals surface area contributed by atoms with Crippen molar-refractivity contribution in [1.82, 2.24) is 10.2 Å². The molecule has 0 bridgehead atoms. The van der Waals surface area contributed by atoms with Gasteiger partial charge in [-0.3, -0.25) is 9.69 Å². The standard InChI is InChI=1S/C10H20N2O3/c1-8(10(14)11-3-4-15-2)12-5-9(6-12)7-13/h8-9,13H,3-7H2,1-2H3,(H,11,14). The smallest absolute Gasteiger partial charge is 0.237 e. The van der Waals surface area contributed by atoms with E-state index in [0.29, 0.717) is 19.1 Å². The van der Waals surface area contributed by atoms with Gasteiger partial charge in [-0.15, -0.1) is 0 Å². The topological polar surface area (TPSA) is 61.8 Å². The van der Waals surface area contributed by atoms with Gasteiger partial charge in [-0.25, -0.2) is 0 Å². The maximum Gasteiger partial charge on any atom is 0.237 e. The Morgan fingerprint density at radius 1 is 1.67 bits per heavy atom. The van der Waals surface area contributed by atoms with Crippen LogP contribution >= 0.6 is 0 Å². The van der Waals surface area contributed by atoms with Crippen LogP contribution in [0.15, 0.2) is 0 Å². The fourth-order valence-corrected chi connectivity index (χ4v) is 1.63. The summed E-state index contributed by atoms with van der Waals surface area (Å²) in [5.74, 6) is 0.377. The maximum atomic E-state index is 11.6. The van der Waals surface area contributed by atoms with E-state index in [-0.39, 0.29) is 18.6 Å². The van der Waals surface area contributed by atoms with E-state index in [1.807, 2.05) is 6.92 Å². The Morgan fingerprint density at radius 2 is 2.33 bits per heavy atom. The lowest BCUT2D eigenvalue weighted by atomic mass is 9.99. The number of nitrogens with one attached hydrogen (secondary N) is 1. The molecule has 1 saturated heterocycles. The summed E-state index contributed by atoms with van der Waals surface area (Å²) in [5, 5.41) is 11.7. The van der Waals surface area contributed by atoms with Crippen LogP contribution in [0.1, 0.15) is 6.92 Å². The first-order chi connectivity index (χ1) is 7.19. The molecule has 2 N–H and O–H groups in total. The fraction of sp³-hybridized carbons (Fsp3) is 0.900. The van der Waals surface area contributed by atoms with E-state index in [4.69, 9.17) is 9.84 Å². The number of ether oxygens (including phenoxy) is 1. The van der Waals surface area contributed by atoms with E-state index in [0.717, 1.165) is 13.1 Å². The van der Waals surface area contributed by atoms with Crippen LogP contribution in [0.25, 0.3) is 0 Å². The van der Waals surface area contributed by atoms with Gasteiger partial charge in [0.2, 0.25) is 5.91 Å². The van der Waals surface area contributed by atoms with Crippen molar-refractivity contribution < 1.29 is 14.6 Å². The molecular weight excluding hydrogens is 196 g/mol. The van der Waals surface area contributed by atoms with Crippen molar-refractivity contribution in [2.75, 3.05) is 40.0 Å². The third-order valence-corrected chi connectivity index (χ3v) is 2.78. The summed E-state index contributed by atoms with van der Waals surface area (Å²) in [6, 6.07) is -0.107. The molecule has 15 heavy (non-hydrogen) atoms. The monoisotopic (exact) mass is 216 g/mol. The zero-order valence-corrected chi connectivity index (χ0v) is 9.40. The molecule has 1 heterocycles. The number of aliphatic hydroxyl groups is 1. The highest BCUT2D eigenvalue weighted by Gasteiger charge is 2.32. The number of hydrogen-bond acceptors (Lipinski definition) is 4. The van der Waals surface area contributed by atoms with Gasteiger partial charge in [0, 0.05) is 39.3 Å². The maximum absolute atomic E-state index is 11.6. The molecule has 1 fully saturated rings. The number of nitrogens with zero attached hydrogens (tertiary/aromatic N) is 1. The summed E-state index contributed by atoms with van der Waals surface area (Å²) in [6.07, 6.45) is 0. The normalized spacial score (nSPS) is 19.7. The lowest BCUT2D eigenvalue weighted by molar-refractivity contribution is -0.129. The number of methoxy groups -OCH3 is 1. The zero-order valence-electron chi connectivity index (χ0n) is 9.40. The fourth-order valence-electron chi connectivity index (χ4n) is 1.63. The van der Waals surface area contributed by atoms with Gasteiger partial charge in [-0.1, -0.05) is 0 Å². The van der Waals surface area contributed by atoms with Crippen molar-refractivity contribution in [3.8, 4) is 0 Å². The zero-order chi connectivity index (χ0) is 11.3. The third-order valence-electron chi connectivity index (χ3n) is 2.78. The first-order valence-corrected chi connectivity index (χ1v) is 5.30. The van der Waals surface area contributed by atoms with Crippen molar-refractivity contribution in [1.29, 1.82) is 0 Å². The molecule has 0 radical (unpaired) electrons. The Hall–Kier alpha value is -0.650. The minimum Gasteiger partial charge on any atom is -0.396 e. The second-order valence-corrected chi connectivity index (χ2v) is 3.96. The number of carbonyl (C=O) groups excluding carboxylic acids is 1. The molecule has 1 rings (SSSR count). The minimum atomic E-state index is -0.107. The van der Waals surface area contributed by atoms with E-state index in [1.165, 1.54) is 0 Å². The number of carbonyl (C=O) groups is 1. The van der Waals surface area contributed by atoms with Crippen LogP contribution in [0.4, 0.5) is 0 Å². The van der Waals surface area contributed by atoms with Crippen LogP contribution in [-0.4, -0.2) is 61.9 Å². The van der Waals surface area contributed by atoms with Crippen LogP contribution in [0, 0.1) is 5.92 Å². The molecule has 0 saturated carbocycles. The number of hydrogen-bond donors (Lipinski definition) is 2. The average molecular weight is 216 g/mol. The molecule has 1 aliphatic rings. The minimum absolute atomic E-state index is 0.0310. The molecular formula is C10H20N2O3. The Labute approximate surface area is 90.4 Å². The Balaban J connectivity index is 2.16. The van der Waals surface area contributed by atoms with Gasteiger partial charge in [0.25, 0.3) is 0 Å². The van der Waals surface area contributed by atoms with Gasteiger partial charge in [0.05, 0.1) is 12.6 Å². The van der Waals surface area contributed by atoms with Crippen molar-refractivity contribution in [2.24, 2.45) is 5.92 Å². The number of amides is 1. The van der Waals surface area contributed by atoms with Gasteiger partial charge >= 0.3 is 0 Å². The van der Waals surface area contributed by atoms with Crippen LogP contribution in [0.3, 0.4) is 0 Å². The summed E-state index contributed by atoms with van der Waals surface area (Å²) in [4.78, 5) is 13.6. The van der Waals surface area contributed by atoms with Crippen LogP contribution < -0.4 is 5.32 Å². The predicted molar refractivity (Wildman–Crippen MR) is 56.5 cm³/mol. The van der Waals surface area contributed by atoms with Gasteiger partial charge in [-0.2, -0.15) is 0 Å². The summed E-state index contributed by atoms with van der Waals surface area (Å²) in [7, 11) is 1.61. The molecule has 0 spiro atoms. The molecule has 0 aromatic carbocycles. The predicted octanol–water partition coefficient (Wildman–Crippen LogP) is -0.938. The van der Waals surface area contributed by atoms with E-state index >= 15 is 0 Å². The van der Waals surface area contributed by atoms with E-state index < -0.39 is 0 Å². The molecule has 1 aliphatic heterocycles. The van der Waals surface area contributed by atoms with Gasteiger partial charge in [0.1, 0.15) is 0 Å². The number of likely N-dealkylation sites (tertiary alicyclic amines) is 1. The summed E-state index contributed by atoms with van der Waals surface area (Å²) in [5.41, 5.74) is 0. The molecule has 1 amide bonds. The molecule has 5 heteroatoms. The van der Waals surface area contributed by atoms with Crippen molar-refractivity contribution in [3.05, 3.63) is 0 Å². The summed E-state index contributed by atoms with van der Waals surface area (Å²) < 4.78 is 4.85. The van der Waals surface area contributed by atoms with Crippen LogP contribution in [0.5, 0.6) is 0 Å². The molecule has 5 nitrogen and oxygen atoms in total. The first-order valence-electron chi connectivity index (χ1n) is 5.30. The van der Waals surface area contributed by atoms with Gasteiger partial charge in [0.15, 0.2) is 0 Å².